The summed E-state index contributed by atoms with van der Waals surface area (Å²) in [5, 5.41) is 14.8. The van der Waals surface area contributed by atoms with Gasteiger partial charge in [-0.05, 0) is 143 Å². The zero-order chi connectivity index (χ0) is 40.4. The molecule has 0 radical (unpaired) electrons. The van der Waals surface area contributed by atoms with Crippen molar-refractivity contribution in [2.24, 2.45) is 5.92 Å². The van der Waals surface area contributed by atoms with Crippen molar-refractivity contribution in [1.29, 1.82) is 0 Å². The van der Waals surface area contributed by atoms with E-state index in [0.717, 1.165) is 34.9 Å². The molecule has 0 spiro atoms. The second kappa shape index (κ2) is 14.3. The average Bonchev–Trinajstić information content (AvgIpc) is 3.31. The van der Waals surface area contributed by atoms with Gasteiger partial charge in [-0.2, -0.15) is 0 Å². The number of fused-ring (bicyclic) bond motifs is 9. The predicted octanol–water partition coefficient (Wildman–Crippen LogP) is 16.8. The van der Waals surface area contributed by atoms with Crippen LogP contribution in [0, 0.1) is 5.92 Å². The summed E-state index contributed by atoms with van der Waals surface area (Å²) >= 11 is 0. The summed E-state index contributed by atoms with van der Waals surface area (Å²) in [5.41, 5.74) is 9.61. The van der Waals surface area contributed by atoms with Gasteiger partial charge in [0.1, 0.15) is 0 Å². The van der Waals surface area contributed by atoms with E-state index < -0.39 is 0 Å². The number of hydrogen-bond acceptors (Lipinski definition) is 2. The molecular formula is C59H42N2. The molecule has 0 heterocycles. The lowest BCUT2D eigenvalue weighted by Crippen LogP contribution is -2.16. The van der Waals surface area contributed by atoms with E-state index in [1.807, 2.05) is 0 Å². The van der Waals surface area contributed by atoms with Gasteiger partial charge in [0.05, 0.1) is 11.4 Å². The summed E-state index contributed by atoms with van der Waals surface area (Å²) in [6, 6.07) is 76.3. The van der Waals surface area contributed by atoms with Gasteiger partial charge < -0.3 is 9.80 Å². The standard InChI is InChI=1S/C59H42N2/c1-39-22-31-53-56-37-58(60(48-27-23-40-12-2-6-16-44(40)33-48)49-28-24-41-13-3-7-17-45(41)34-49)54-21-11-10-20-52(54)55(56)38-59(57(53)32-39)61(50-29-25-42-14-4-8-18-46(42)35-50)51-30-26-43-15-5-9-19-47(43)36-51/h2-31,33-39H,32H2,1H3. The van der Waals surface area contributed by atoms with Crippen LogP contribution in [-0.2, 0) is 6.42 Å². The molecule has 0 fully saturated rings. The van der Waals surface area contributed by atoms with E-state index in [1.54, 1.807) is 0 Å². The van der Waals surface area contributed by atoms with E-state index in [0.29, 0.717) is 5.92 Å². The van der Waals surface area contributed by atoms with Crippen LogP contribution in [0.3, 0.4) is 0 Å². The number of nitrogens with zero attached hydrogens (tertiary/aromatic N) is 2. The summed E-state index contributed by atoms with van der Waals surface area (Å²) in [7, 11) is 0. The molecule has 11 aromatic rings. The first-order valence-corrected chi connectivity index (χ1v) is 21.4. The number of rotatable bonds is 6. The number of anilines is 6. The van der Waals surface area contributed by atoms with Gasteiger partial charge in [-0.3, -0.25) is 0 Å². The van der Waals surface area contributed by atoms with Crippen LogP contribution >= 0.6 is 0 Å². The number of allylic oxidation sites excluding steroid dienone is 1. The third-order valence-corrected chi connectivity index (χ3v) is 12.8. The minimum absolute atomic E-state index is 0.394. The largest absolute Gasteiger partial charge is 0.310 e. The molecule has 61 heavy (non-hydrogen) atoms. The van der Waals surface area contributed by atoms with Gasteiger partial charge in [-0.1, -0.05) is 165 Å². The van der Waals surface area contributed by atoms with E-state index in [4.69, 9.17) is 0 Å². The molecule has 1 unspecified atom stereocenters. The van der Waals surface area contributed by atoms with Gasteiger partial charge in [-0.15, -0.1) is 0 Å². The Hall–Kier alpha value is -7.68. The molecule has 12 rings (SSSR count). The molecular weight excluding hydrogens is 737 g/mol. The second-order valence-electron chi connectivity index (χ2n) is 16.7. The molecule has 0 bridgehead atoms. The highest BCUT2D eigenvalue weighted by molar-refractivity contribution is 6.18. The van der Waals surface area contributed by atoms with Crippen molar-refractivity contribution >= 4 is 105 Å². The van der Waals surface area contributed by atoms with Crippen LogP contribution in [0.2, 0.25) is 0 Å². The summed E-state index contributed by atoms with van der Waals surface area (Å²) in [6.45, 7) is 2.34. The lowest BCUT2D eigenvalue weighted by Gasteiger charge is -2.33. The van der Waals surface area contributed by atoms with Crippen molar-refractivity contribution in [1.82, 2.24) is 0 Å². The highest BCUT2D eigenvalue weighted by Gasteiger charge is 2.26. The van der Waals surface area contributed by atoms with E-state index in [9.17, 15) is 0 Å². The van der Waals surface area contributed by atoms with Crippen LogP contribution in [0.5, 0.6) is 0 Å². The van der Waals surface area contributed by atoms with Crippen molar-refractivity contribution < 1.29 is 0 Å². The van der Waals surface area contributed by atoms with Crippen LogP contribution in [0.1, 0.15) is 18.1 Å². The Kier molecular flexibility index (Phi) is 8.24. The van der Waals surface area contributed by atoms with Crippen LogP contribution in [0.4, 0.5) is 34.1 Å². The monoisotopic (exact) mass is 778 g/mol. The first-order chi connectivity index (χ1) is 30.1. The normalized spacial score (nSPS) is 13.7. The van der Waals surface area contributed by atoms with Gasteiger partial charge in [-0.25, -0.2) is 0 Å². The van der Waals surface area contributed by atoms with Crippen LogP contribution in [0.15, 0.2) is 212 Å². The topological polar surface area (TPSA) is 6.48 Å². The maximum atomic E-state index is 2.52. The Labute approximate surface area is 355 Å². The minimum Gasteiger partial charge on any atom is -0.310 e. The van der Waals surface area contributed by atoms with Crippen molar-refractivity contribution in [2.75, 3.05) is 9.80 Å². The van der Waals surface area contributed by atoms with E-state index in [2.05, 4.69) is 235 Å². The third-order valence-electron chi connectivity index (χ3n) is 12.8. The Morgan fingerprint density at radius 1 is 0.344 bits per heavy atom. The minimum atomic E-state index is 0.394. The lowest BCUT2D eigenvalue weighted by atomic mass is 9.84. The maximum absolute atomic E-state index is 2.52. The summed E-state index contributed by atoms with van der Waals surface area (Å²) < 4.78 is 0. The van der Waals surface area contributed by atoms with Gasteiger partial charge in [0, 0.05) is 28.1 Å². The molecule has 2 nitrogen and oxygen atoms in total. The fourth-order valence-electron chi connectivity index (χ4n) is 9.84. The van der Waals surface area contributed by atoms with Gasteiger partial charge in [0.15, 0.2) is 0 Å². The van der Waals surface area contributed by atoms with E-state index in [-0.39, 0.29) is 0 Å². The zero-order valence-corrected chi connectivity index (χ0v) is 34.0. The lowest BCUT2D eigenvalue weighted by molar-refractivity contribution is 0.718. The van der Waals surface area contributed by atoms with Gasteiger partial charge >= 0.3 is 0 Å². The van der Waals surface area contributed by atoms with Gasteiger partial charge in [0.25, 0.3) is 0 Å². The third kappa shape index (κ3) is 6.02. The SMILES string of the molecule is CC1C=Cc2c(c(N(c3ccc4ccccc4c3)c3ccc4ccccc4c3)cc3c2cc(N(c2ccc4ccccc4c2)c2ccc4ccccc4c2)c2ccccc23)C1. The Morgan fingerprint density at radius 2 is 0.721 bits per heavy atom. The van der Waals surface area contributed by atoms with Crippen LogP contribution in [0.25, 0.3) is 70.7 Å². The Bertz CT molecular complexity index is 3400. The molecule has 0 N–H and O–H groups in total. The molecule has 0 amide bonds. The summed E-state index contributed by atoms with van der Waals surface area (Å²) in [5.74, 6) is 0.394. The maximum Gasteiger partial charge on any atom is 0.0546 e. The summed E-state index contributed by atoms with van der Waals surface area (Å²) in [4.78, 5) is 4.99. The molecule has 0 aromatic heterocycles. The Morgan fingerprint density at radius 3 is 1.18 bits per heavy atom. The van der Waals surface area contributed by atoms with Crippen molar-refractivity contribution in [3.63, 3.8) is 0 Å². The van der Waals surface area contributed by atoms with Crippen LogP contribution < -0.4 is 9.80 Å². The van der Waals surface area contributed by atoms with Crippen molar-refractivity contribution in [2.45, 2.75) is 13.3 Å². The Balaban J connectivity index is 1.15. The molecule has 11 aromatic carbocycles. The average molecular weight is 779 g/mol. The predicted molar refractivity (Wildman–Crippen MR) is 263 cm³/mol. The highest BCUT2D eigenvalue weighted by Crippen LogP contribution is 2.49. The van der Waals surface area contributed by atoms with E-state index >= 15 is 0 Å². The first-order valence-electron chi connectivity index (χ1n) is 21.4. The molecule has 1 aliphatic carbocycles. The summed E-state index contributed by atoms with van der Waals surface area (Å²) in [6.07, 6.45) is 5.75. The number of benzene rings is 11. The molecule has 0 saturated carbocycles. The van der Waals surface area contributed by atoms with Crippen LogP contribution in [-0.4, -0.2) is 0 Å². The molecule has 288 valence electrons. The number of hydrogen-bond donors (Lipinski definition) is 0. The van der Waals surface area contributed by atoms with Crippen molar-refractivity contribution in [3.05, 3.63) is 223 Å². The second-order valence-corrected chi connectivity index (χ2v) is 16.7. The quantitative estimate of drug-likeness (QED) is 0.155. The molecule has 2 heteroatoms. The fraction of sp³-hybridized carbons (Fsp3) is 0.0508. The highest BCUT2D eigenvalue weighted by atomic mass is 15.2. The molecule has 1 aliphatic rings. The smallest absolute Gasteiger partial charge is 0.0546 e. The van der Waals surface area contributed by atoms with Crippen molar-refractivity contribution in [3.8, 4) is 0 Å². The fourth-order valence-corrected chi connectivity index (χ4v) is 9.84. The van der Waals surface area contributed by atoms with E-state index in [1.165, 1.54) is 81.4 Å². The molecule has 1 atom stereocenters. The molecule has 0 saturated heterocycles. The molecule has 0 aliphatic heterocycles. The van der Waals surface area contributed by atoms with Gasteiger partial charge in [0.2, 0.25) is 0 Å². The zero-order valence-electron chi connectivity index (χ0n) is 34.0. The first kappa shape index (κ1) is 35.3.